The Labute approximate surface area is 161 Å². The van der Waals surface area contributed by atoms with Crippen LogP contribution >= 0.6 is 22.7 Å². The van der Waals surface area contributed by atoms with E-state index in [2.05, 4.69) is 10.3 Å². The second-order valence-electron chi connectivity index (χ2n) is 5.13. The average molecular weight is 403 g/mol. The van der Waals surface area contributed by atoms with Gasteiger partial charge in [-0.1, -0.05) is 53.0 Å². The van der Waals surface area contributed by atoms with Crippen molar-refractivity contribution in [1.82, 2.24) is 4.98 Å². The second-order valence-corrected chi connectivity index (χ2v) is 7.19. The van der Waals surface area contributed by atoms with Gasteiger partial charge >= 0.3 is 11.0 Å². The second kappa shape index (κ2) is 8.06. The van der Waals surface area contributed by atoms with E-state index in [1.54, 1.807) is 19.1 Å². The monoisotopic (exact) mass is 403 g/mol. The predicted molar refractivity (Wildman–Crippen MR) is 102 cm³/mol. The molecule has 1 amide bonds. The van der Waals surface area contributed by atoms with E-state index in [4.69, 9.17) is 4.74 Å². The van der Waals surface area contributed by atoms with Gasteiger partial charge < -0.3 is 4.74 Å². The van der Waals surface area contributed by atoms with Crippen LogP contribution in [0.15, 0.2) is 42.5 Å². The van der Waals surface area contributed by atoms with Crippen molar-refractivity contribution in [2.24, 2.45) is 0 Å². The molecule has 0 saturated carbocycles. The Morgan fingerprint density at radius 2 is 1.93 bits per heavy atom. The fourth-order valence-corrected chi connectivity index (χ4v) is 3.80. The molecule has 2 aromatic heterocycles. The number of rotatable bonds is 6. The zero-order chi connectivity index (χ0) is 19.4. The summed E-state index contributed by atoms with van der Waals surface area (Å²) in [6.07, 6.45) is 0. The number of benzene rings is 1. The third-order valence-corrected chi connectivity index (χ3v) is 5.34. The topological polar surface area (TPSA) is 111 Å². The van der Waals surface area contributed by atoms with E-state index in [1.165, 1.54) is 12.1 Å². The summed E-state index contributed by atoms with van der Waals surface area (Å²) in [4.78, 5) is 39.6. The molecule has 1 N–H and O–H groups in total. The summed E-state index contributed by atoms with van der Waals surface area (Å²) in [5.41, 5.74) is 1.12. The van der Waals surface area contributed by atoms with Crippen LogP contribution in [0.4, 0.5) is 10.1 Å². The van der Waals surface area contributed by atoms with Crippen molar-refractivity contribution in [3.8, 4) is 11.3 Å². The van der Waals surface area contributed by atoms with E-state index < -0.39 is 16.8 Å². The molecular weight excluding hydrogens is 390 g/mol. The van der Waals surface area contributed by atoms with E-state index in [0.29, 0.717) is 11.3 Å². The summed E-state index contributed by atoms with van der Waals surface area (Å²) in [6.45, 7) is 1.92. The first-order valence-electron chi connectivity index (χ1n) is 7.78. The standard InChI is InChI=1S/C17H13N3O5S2/c1-2-25-16(22)14-13(10-6-4-3-5-7-10)18-17(27-14)19-15(21)11-8-9-12(26-11)20(23)24/h3-9H,2H2,1H3,(H,18,19,21). The maximum absolute atomic E-state index is 12.3. The lowest BCUT2D eigenvalue weighted by Crippen LogP contribution is -2.09. The van der Waals surface area contributed by atoms with Gasteiger partial charge in [-0.25, -0.2) is 9.78 Å². The van der Waals surface area contributed by atoms with E-state index in [0.717, 1.165) is 22.7 Å². The molecule has 27 heavy (non-hydrogen) atoms. The van der Waals surface area contributed by atoms with Crippen LogP contribution in [0.5, 0.6) is 0 Å². The van der Waals surface area contributed by atoms with Crippen LogP contribution < -0.4 is 5.32 Å². The molecule has 0 aliphatic carbocycles. The Hall–Kier alpha value is -3.11. The molecule has 0 aliphatic heterocycles. The Kier molecular flexibility index (Phi) is 5.57. The number of thiophene rings is 1. The van der Waals surface area contributed by atoms with Crippen LogP contribution in [0.3, 0.4) is 0 Å². The van der Waals surface area contributed by atoms with Crippen molar-refractivity contribution < 1.29 is 19.2 Å². The first kappa shape index (κ1) is 18.7. The number of carbonyl (C=O) groups is 2. The molecule has 3 rings (SSSR count). The van der Waals surface area contributed by atoms with Gasteiger partial charge in [-0.05, 0) is 13.0 Å². The van der Waals surface area contributed by atoms with Crippen molar-refractivity contribution in [1.29, 1.82) is 0 Å². The van der Waals surface area contributed by atoms with E-state index in [-0.39, 0.29) is 26.5 Å². The first-order valence-corrected chi connectivity index (χ1v) is 9.41. The largest absolute Gasteiger partial charge is 0.462 e. The van der Waals surface area contributed by atoms with Crippen molar-refractivity contribution in [2.75, 3.05) is 11.9 Å². The molecular formula is C17H13N3O5S2. The number of hydrogen-bond acceptors (Lipinski definition) is 8. The third kappa shape index (κ3) is 4.18. The number of anilines is 1. The number of hydrogen-bond donors (Lipinski definition) is 1. The number of amides is 1. The molecule has 0 fully saturated rings. The van der Waals surface area contributed by atoms with Crippen LogP contribution in [0.25, 0.3) is 11.3 Å². The smallest absolute Gasteiger partial charge is 0.350 e. The van der Waals surface area contributed by atoms with Crippen molar-refractivity contribution >= 4 is 44.7 Å². The Balaban J connectivity index is 1.90. The maximum Gasteiger partial charge on any atom is 0.350 e. The molecule has 0 bridgehead atoms. The number of esters is 1. The Morgan fingerprint density at radius 1 is 1.19 bits per heavy atom. The van der Waals surface area contributed by atoms with Crippen LogP contribution in [-0.2, 0) is 4.74 Å². The minimum atomic E-state index is -0.558. The third-order valence-electron chi connectivity index (χ3n) is 3.35. The maximum atomic E-state index is 12.3. The summed E-state index contributed by atoms with van der Waals surface area (Å²) in [6, 6.07) is 11.7. The number of nitrogens with one attached hydrogen (secondary N) is 1. The highest BCUT2D eigenvalue weighted by molar-refractivity contribution is 7.19. The summed E-state index contributed by atoms with van der Waals surface area (Å²) in [5, 5.41) is 13.4. The van der Waals surface area contributed by atoms with Gasteiger partial charge in [0, 0.05) is 11.6 Å². The Morgan fingerprint density at radius 3 is 2.56 bits per heavy atom. The fraction of sp³-hybridized carbons (Fsp3) is 0.118. The van der Waals surface area contributed by atoms with Gasteiger partial charge in [0.05, 0.1) is 22.1 Å². The number of nitro groups is 1. The molecule has 0 aliphatic rings. The van der Waals surface area contributed by atoms with E-state index >= 15 is 0 Å². The van der Waals surface area contributed by atoms with E-state index in [9.17, 15) is 19.7 Å². The molecule has 0 atom stereocenters. The highest BCUT2D eigenvalue weighted by atomic mass is 32.1. The first-order chi connectivity index (χ1) is 13.0. The molecule has 10 heteroatoms. The zero-order valence-electron chi connectivity index (χ0n) is 14.0. The van der Waals surface area contributed by atoms with Gasteiger partial charge in [0.2, 0.25) is 0 Å². The molecule has 3 aromatic rings. The number of ether oxygens (including phenoxy) is 1. The Bertz CT molecular complexity index is 997. The number of thiazole rings is 1. The summed E-state index contributed by atoms with van der Waals surface area (Å²) in [5.74, 6) is -1.06. The highest BCUT2D eigenvalue weighted by Crippen LogP contribution is 2.32. The molecule has 0 saturated heterocycles. The van der Waals surface area contributed by atoms with Gasteiger partial charge in [0.25, 0.3) is 5.91 Å². The fourth-order valence-electron chi connectivity index (χ4n) is 2.21. The zero-order valence-corrected chi connectivity index (χ0v) is 15.6. The summed E-state index contributed by atoms with van der Waals surface area (Å²) < 4.78 is 5.07. The van der Waals surface area contributed by atoms with Crippen LogP contribution in [0.1, 0.15) is 26.3 Å². The normalized spacial score (nSPS) is 10.4. The molecule has 0 radical (unpaired) electrons. The number of carbonyl (C=O) groups excluding carboxylic acids is 2. The van der Waals surface area contributed by atoms with Crippen LogP contribution in [0, 0.1) is 10.1 Å². The quantitative estimate of drug-likeness (QED) is 0.375. The molecule has 0 spiro atoms. The highest BCUT2D eigenvalue weighted by Gasteiger charge is 2.22. The predicted octanol–water partition coefficient (Wildman–Crippen LogP) is 4.21. The van der Waals surface area contributed by atoms with Gasteiger partial charge in [0.1, 0.15) is 4.88 Å². The van der Waals surface area contributed by atoms with Crippen molar-refractivity contribution in [3.05, 3.63) is 62.3 Å². The number of aromatic nitrogens is 1. The lowest BCUT2D eigenvalue weighted by molar-refractivity contribution is -0.380. The van der Waals surface area contributed by atoms with Crippen molar-refractivity contribution in [3.63, 3.8) is 0 Å². The van der Waals surface area contributed by atoms with E-state index in [1.807, 2.05) is 18.2 Å². The van der Waals surface area contributed by atoms with Crippen LogP contribution in [0.2, 0.25) is 0 Å². The summed E-state index contributed by atoms with van der Waals surface area (Å²) >= 11 is 1.76. The minimum Gasteiger partial charge on any atom is -0.462 e. The van der Waals surface area contributed by atoms with Gasteiger partial charge in [0.15, 0.2) is 5.13 Å². The molecule has 138 valence electrons. The molecule has 1 aromatic carbocycles. The SMILES string of the molecule is CCOC(=O)c1sc(NC(=O)c2ccc([N+](=O)[O-])s2)nc1-c1ccccc1. The summed E-state index contributed by atoms with van der Waals surface area (Å²) in [7, 11) is 0. The molecule has 2 heterocycles. The lowest BCUT2D eigenvalue weighted by atomic mass is 10.1. The average Bonchev–Trinajstić information content (AvgIpc) is 3.30. The molecule has 8 nitrogen and oxygen atoms in total. The molecule has 0 unspecified atom stereocenters. The lowest BCUT2D eigenvalue weighted by Gasteiger charge is -2.01. The van der Waals surface area contributed by atoms with Gasteiger partial charge in [-0.15, -0.1) is 0 Å². The van der Waals surface area contributed by atoms with Gasteiger partial charge in [-0.2, -0.15) is 0 Å². The number of nitrogens with zero attached hydrogens (tertiary/aromatic N) is 2. The van der Waals surface area contributed by atoms with Crippen LogP contribution in [-0.4, -0.2) is 28.4 Å². The minimum absolute atomic E-state index is 0.128. The van der Waals surface area contributed by atoms with Gasteiger partial charge in [-0.3, -0.25) is 20.2 Å². The van der Waals surface area contributed by atoms with Crippen molar-refractivity contribution in [2.45, 2.75) is 6.92 Å².